The molecule has 0 saturated carbocycles. The molecule has 0 atom stereocenters. The minimum absolute atomic E-state index is 0.0200. The molecule has 1 amide bonds. The lowest BCUT2D eigenvalue weighted by Gasteiger charge is -2.34. The molecule has 10 heteroatoms. The van der Waals surface area contributed by atoms with Crippen molar-refractivity contribution >= 4 is 27.5 Å². The number of hydrogen-bond acceptors (Lipinski definition) is 5. The van der Waals surface area contributed by atoms with E-state index < -0.39 is 10.0 Å². The summed E-state index contributed by atoms with van der Waals surface area (Å²) in [6, 6.07) is 17.7. The zero-order chi connectivity index (χ0) is 23.6. The third-order valence-corrected chi connectivity index (χ3v) is 7.95. The first kappa shape index (κ1) is 23.0. The SMILES string of the molecule is Cc1nn(Cc2ccccc2)c(Cl)c1C(=O)N1CCN(S(=O)(=O)c2ccccc2C#N)CC1. The molecule has 1 saturated heterocycles. The summed E-state index contributed by atoms with van der Waals surface area (Å²) in [5, 5.41) is 14.0. The number of halogens is 1. The van der Waals surface area contributed by atoms with Gasteiger partial charge in [0, 0.05) is 26.2 Å². The lowest BCUT2D eigenvalue weighted by atomic mass is 10.2. The highest BCUT2D eigenvalue weighted by Gasteiger charge is 2.33. The number of nitrogens with zero attached hydrogens (tertiary/aromatic N) is 5. The molecule has 0 unspecified atom stereocenters. The van der Waals surface area contributed by atoms with Crippen LogP contribution < -0.4 is 0 Å². The van der Waals surface area contributed by atoms with Gasteiger partial charge in [0.1, 0.15) is 11.2 Å². The number of benzene rings is 2. The molecular formula is C23H22ClN5O3S. The van der Waals surface area contributed by atoms with Gasteiger partial charge in [0.15, 0.2) is 0 Å². The molecule has 0 aliphatic carbocycles. The molecule has 2 heterocycles. The van der Waals surface area contributed by atoms with E-state index in [1.54, 1.807) is 28.6 Å². The monoisotopic (exact) mass is 483 g/mol. The van der Waals surface area contributed by atoms with Crippen LogP contribution in [-0.2, 0) is 16.6 Å². The van der Waals surface area contributed by atoms with Crippen LogP contribution in [0.25, 0.3) is 0 Å². The van der Waals surface area contributed by atoms with E-state index in [0.29, 0.717) is 17.8 Å². The van der Waals surface area contributed by atoms with Crippen LogP contribution >= 0.6 is 11.6 Å². The largest absolute Gasteiger partial charge is 0.336 e. The van der Waals surface area contributed by atoms with E-state index in [2.05, 4.69) is 5.10 Å². The summed E-state index contributed by atoms with van der Waals surface area (Å²) in [5.41, 5.74) is 1.97. The summed E-state index contributed by atoms with van der Waals surface area (Å²) in [5.74, 6) is -0.272. The van der Waals surface area contributed by atoms with Crippen molar-refractivity contribution in [3.05, 3.63) is 82.1 Å². The number of rotatable bonds is 5. The molecular weight excluding hydrogens is 462 g/mol. The van der Waals surface area contributed by atoms with Crippen LogP contribution in [0.1, 0.15) is 27.2 Å². The summed E-state index contributed by atoms with van der Waals surface area (Å²) in [6.45, 7) is 2.86. The second kappa shape index (κ2) is 9.35. The van der Waals surface area contributed by atoms with Gasteiger partial charge in [-0.3, -0.25) is 4.79 Å². The van der Waals surface area contributed by atoms with E-state index in [0.717, 1.165) is 5.56 Å². The van der Waals surface area contributed by atoms with E-state index in [1.165, 1.54) is 16.4 Å². The quantitative estimate of drug-likeness (QED) is 0.555. The first-order valence-electron chi connectivity index (χ1n) is 10.4. The fraction of sp³-hybridized carbons (Fsp3) is 0.261. The summed E-state index contributed by atoms with van der Waals surface area (Å²) in [4.78, 5) is 14.8. The van der Waals surface area contributed by atoms with Crippen LogP contribution in [0.5, 0.6) is 0 Å². The predicted molar refractivity (Wildman–Crippen MR) is 123 cm³/mol. The Balaban J connectivity index is 1.49. The molecule has 8 nitrogen and oxygen atoms in total. The number of nitriles is 1. The lowest BCUT2D eigenvalue weighted by molar-refractivity contribution is 0.0697. The highest BCUT2D eigenvalue weighted by Crippen LogP contribution is 2.25. The number of piperazine rings is 1. The maximum Gasteiger partial charge on any atom is 0.258 e. The third kappa shape index (κ3) is 4.50. The third-order valence-electron chi connectivity index (χ3n) is 5.61. The molecule has 1 aliphatic heterocycles. The predicted octanol–water partition coefficient (Wildman–Crippen LogP) is 2.91. The van der Waals surface area contributed by atoms with Gasteiger partial charge in [-0.1, -0.05) is 54.1 Å². The molecule has 1 aromatic heterocycles. The Morgan fingerprint density at radius 3 is 2.36 bits per heavy atom. The van der Waals surface area contributed by atoms with E-state index >= 15 is 0 Å². The average Bonchev–Trinajstić information content (AvgIpc) is 3.11. The Morgan fingerprint density at radius 1 is 1.06 bits per heavy atom. The van der Waals surface area contributed by atoms with Gasteiger partial charge in [-0.25, -0.2) is 13.1 Å². The molecule has 2 aromatic carbocycles. The van der Waals surface area contributed by atoms with Crippen molar-refractivity contribution < 1.29 is 13.2 Å². The normalized spacial score (nSPS) is 14.8. The van der Waals surface area contributed by atoms with Gasteiger partial charge in [-0.15, -0.1) is 0 Å². The van der Waals surface area contributed by atoms with Crippen LogP contribution in [0.15, 0.2) is 59.5 Å². The van der Waals surface area contributed by atoms with Gasteiger partial charge >= 0.3 is 0 Å². The second-order valence-corrected chi connectivity index (χ2v) is 9.96. The zero-order valence-corrected chi connectivity index (χ0v) is 19.6. The van der Waals surface area contributed by atoms with Crippen molar-refractivity contribution in [3.63, 3.8) is 0 Å². The zero-order valence-electron chi connectivity index (χ0n) is 18.0. The molecule has 0 N–H and O–H groups in total. The molecule has 170 valence electrons. The number of sulfonamides is 1. The number of carbonyl (C=O) groups is 1. The van der Waals surface area contributed by atoms with E-state index in [-0.39, 0.29) is 47.7 Å². The van der Waals surface area contributed by atoms with E-state index in [4.69, 9.17) is 11.6 Å². The molecule has 33 heavy (non-hydrogen) atoms. The lowest BCUT2D eigenvalue weighted by Crippen LogP contribution is -2.50. The van der Waals surface area contributed by atoms with Crippen LogP contribution in [0, 0.1) is 18.3 Å². The summed E-state index contributed by atoms with van der Waals surface area (Å²) < 4.78 is 29.0. The van der Waals surface area contributed by atoms with Crippen LogP contribution in [0.4, 0.5) is 0 Å². The van der Waals surface area contributed by atoms with Gasteiger partial charge in [0.2, 0.25) is 10.0 Å². The summed E-state index contributed by atoms with van der Waals surface area (Å²) in [6.07, 6.45) is 0. The number of aromatic nitrogens is 2. The fourth-order valence-electron chi connectivity index (χ4n) is 3.87. The second-order valence-electron chi connectivity index (χ2n) is 7.70. The van der Waals surface area contributed by atoms with Gasteiger partial charge in [-0.2, -0.15) is 14.7 Å². The van der Waals surface area contributed by atoms with Crippen molar-refractivity contribution in [2.45, 2.75) is 18.4 Å². The van der Waals surface area contributed by atoms with E-state index in [9.17, 15) is 18.5 Å². The molecule has 1 fully saturated rings. The molecule has 3 aromatic rings. The Bertz CT molecular complexity index is 1320. The van der Waals surface area contributed by atoms with E-state index in [1.807, 2.05) is 36.4 Å². The smallest absolute Gasteiger partial charge is 0.258 e. The molecule has 1 aliphatic rings. The highest BCUT2D eigenvalue weighted by atomic mass is 35.5. The first-order valence-corrected chi connectivity index (χ1v) is 12.2. The Labute approximate surface area is 197 Å². The topological polar surface area (TPSA) is 99.3 Å². The van der Waals surface area contributed by atoms with Crippen molar-refractivity contribution in [2.24, 2.45) is 0 Å². The van der Waals surface area contributed by atoms with Crippen molar-refractivity contribution in [2.75, 3.05) is 26.2 Å². The Kier molecular flexibility index (Phi) is 6.51. The molecule has 0 spiro atoms. The summed E-state index contributed by atoms with van der Waals surface area (Å²) in [7, 11) is -3.84. The number of amides is 1. The van der Waals surface area contributed by atoms with Gasteiger partial charge in [0.05, 0.1) is 28.3 Å². The van der Waals surface area contributed by atoms with Crippen molar-refractivity contribution in [1.29, 1.82) is 5.26 Å². The number of hydrogen-bond donors (Lipinski definition) is 0. The first-order chi connectivity index (χ1) is 15.8. The van der Waals surface area contributed by atoms with Gasteiger partial charge in [0.25, 0.3) is 5.91 Å². The maximum absolute atomic E-state index is 13.2. The van der Waals surface area contributed by atoms with Crippen LogP contribution in [0.2, 0.25) is 5.15 Å². The van der Waals surface area contributed by atoms with Crippen molar-refractivity contribution in [3.8, 4) is 6.07 Å². The Hall–Kier alpha value is -3.19. The van der Waals surface area contributed by atoms with Crippen LogP contribution in [-0.4, -0.2) is 59.5 Å². The van der Waals surface area contributed by atoms with Gasteiger partial charge in [-0.05, 0) is 24.6 Å². The molecule has 4 rings (SSSR count). The van der Waals surface area contributed by atoms with Crippen LogP contribution in [0.3, 0.4) is 0 Å². The fourth-order valence-corrected chi connectivity index (χ4v) is 5.75. The standard InChI is InChI=1S/C23H22ClN5O3S/c1-17-21(22(24)29(26-17)16-18-7-3-2-4-8-18)23(30)27-11-13-28(14-12-27)33(31,32)20-10-6-5-9-19(20)15-25/h2-10H,11-14,16H2,1H3. The summed E-state index contributed by atoms with van der Waals surface area (Å²) >= 11 is 6.52. The van der Waals surface area contributed by atoms with Crippen molar-refractivity contribution in [1.82, 2.24) is 19.0 Å². The molecule has 0 bridgehead atoms. The average molecular weight is 484 g/mol. The Morgan fingerprint density at radius 2 is 1.70 bits per heavy atom. The molecule has 0 radical (unpaired) electrons. The van der Waals surface area contributed by atoms with Gasteiger partial charge < -0.3 is 4.90 Å². The number of aryl methyl sites for hydroxylation is 1. The highest BCUT2D eigenvalue weighted by molar-refractivity contribution is 7.89. The minimum Gasteiger partial charge on any atom is -0.336 e. The minimum atomic E-state index is -3.84. The maximum atomic E-state index is 13.2. The number of carbonyl (C=O) groups excluding carboxylic acids is 1.